The Bertz CT molecular complexity index is 770. The fraction of sp³-hybridized carbons (Fsp3) is 0.300. The van der Waals surface area contributed by atoms with Crippen LogP contribution in [0.15, 0.2) is 54.6 Å². The van der Waals surface area contributed by atoms with Gasteiger partial charge in [-0.2, -0.15) is 5.26 Å². The Morgan fingerprint density at radius 1 is 1.28 bits per heavy atom. The Balaban J connectivity index is 1.76. The number of carbonyl (C=O) groups excluding carboxylic acids is 1. The molecular formula is C20H21N3O2. The molecule has 5 heteroatoms. The van der Waals surface area contributed by atoms with Crippen molar-refractivity contribution < 1.29 is 9.53 Å². The van der Waals surface area contributed by atoms with Crippen LogP contribution in [0.1, 0.15) is 23.6 Å². The molecular weight excluding hydrogens is 314 g/mol. The van der Waals surface area contributed by atoms with Gasteiger partial charge in [0.05, 0.1) is 18.7 Å². The molecule has 1 N–H and O–H groups in total. The third kappa shape index (κ3) is 3.98. The SMILES string of the molecule is COC(=O)[C@H](c1cccc(C#N)c1)N1CC[C@@H](Nc2ccccc2)C1. The highest BCUT2D eigenvalue weighted by Gasteiger charge is 2.34. The normalized spacial score (nSPS) is 18.3. The third-order valence-corrected chi connectivity index (χ3v) is 4.49. The van der Waals surface area contributed by atoms with Crippen molar-refractivity contribution in [2.45, 2.75) is 18.5 Å². The number of methoxy groups -OCH3 is 1. The maximum atomic E-state index is 12.4. The fourth-order valence-corrected chi connectivity index (χ4v) is 3.30. The number of rotatable bonds is 5. The Hall–Kier alpha value is -2.84. The summed E-state index contributed by atoms with van der Waals surface area (Å²) in [6.07, 6.45) is 0.945. The van der Waals surface area contributed by atoms with Crippen LogP contribution in [0.3, 0.4) is 0 Å². The van der Waals surface area contributed by atoms with Gasteiger partial charge in [-0.15, -0.1) is 0 Å². The van der Waals surface area contributed by atoms with Crippen LogP contribution in [0, 0.1) is 11.3 Å². The van der Waals surface area contributed by atoms with Gasteiger partial charge in [0, 0.05) is 24.8 Å². The molecule has 0 aromatic heterocycles. The van der Waals surface area contributed by atoms with E-state index in [4.69, 9.17) is 10.00 Å². The molecule has 5 nitrogen and oxygen atoms in total. The summed E-state index contributed by atoms with van der Waals surface area (Å²) in [5.41, 5.74) is 2.42. The van der Waals surface area contributed by atoms with Gasteiger partial charge in [-0.3, -0.25) is 4.90 Å². The first-order valence-corrected chi connectivity index (χ1v) is 8.35. The number of esters is 1. The van der Waals surface area contributed by atoms with E-state index in [2.05, 4.69) is 16.3 Å². The minimum atomic E-state index is -0.485. The third-order valence-electron chi connectivity index (χ3n) is 4.49. The van der Waals surface area contributed by atoms with Gasteiger partial charge < -0.3 is 10.1 Å². The highest BCUT2D eigenvalue weighted by atomic mass is 16.5. The highest BCUT2D eigenvalue weighted by Crippen LogP contribution is 2.28. The summed E-state index contributed by atoms with van der Waals surface area (Å²) in [6, 6.07) is 19.2. The van der Waals surface area contributed by atoms with Crippen LogP contribution in [-0.2, 0) is 9.53 Å². The molecule has 1 heterocycles. The first-order chi connectivity index (χ1) is 12.2. The van der Waals surface area contributed by atoms with E-state index in [1.165, 1.54) is 7.11 Å². The van der Waals surface area contributed by atoms with E-state index in [1.807, 2.05) is 36.4 Å². The standard InChI is InChI=1S/C20H21N3O2/c1-25-20(24)19(16-7-5-6-15(12-16)13-21)23-11-10-18(14-23)22-17-8-3-2-4-9-17/h2-9,12,18-19,22H,10-11,14H2,1H3/t18-,19+/m1/s1. The Labute approximate surface area is 147 Å². The molecule has 0 aliphatic carbocycles. The lowest BCUT2D eigenvalue weighted by atomic mass is 10.0. The summed E-state index contributed by atoms with van der Waals surface area (Å²) in [5.74, 6) is -0.296. The largest absolute Gasteiger partial charge is 0.468 e. The van der Waals surface area contributed by atoms with Crippen LogP contribution in [0.25, 0.3) is 0 Å². The number of ether oxygens (including phenoxy) is 1. The van der Waals surface area contributed by atoms with Gasteiger partial charge >= 0.3 is 5.97 Å². The van der Waals surface area contributed by atoms with Crippen LogP contribution in [-0.4, -0.2) is 37.1 Å². The van der Waals surface area contributed by atoms with Gasteiger partial charge in [0.2, 0.25) is 0 Å². The van der Waals surface area contributed by atoms with Crippen molar-refractivity contribution in [2.75, 3.05) is 25.5 Å². The van der Waals surface area contributed by atoms with Crippen LogP contribution < -0.4 is 5.32 Å². The minimum absolute atomic E-state index is 0.272. The van der Waals surface area contributed by atoms with Crippen molar-refractivity contribution in [2.24, 2.45) is 0 Å². The number of nitrogens with one attached hydrogen (secondary N) is 1. The molecule has 128 valence electrons. The molecule has 0 bridgehead atoms. The molecule has 25 heavy (non-hydrogen) atoms. The van der Waals surface area contributed by atoms with Crippen molar-refractivity contribution in [1.29, 1.82) is 5.26 Å². The molecule has 1 saturated heterocycles. The first kappa shape index (κ1) is 17.0. The molecule has 0 saturated carbocycles. The van der Waals surface area contributed by atoms with Gasteiger partial charge in [-0.1, -0.05) is 30.3 Å². The number of anilines is 1. The quantitative estimate of drug-likeness (QED) is 0.851. The molecule has 1 aliphatic rings. The van der Waals surface area contributed by atoms with Crippen molar-refractivity contribution in [3.05, 3.63) is 65.7 Å². The van der Waals surface area contributed by atoms with Crippen LogP contribution >= 0.6 is 0 Å². The van der Waals surface area contributed by atoms with E-state index >= 15 is 0 Å². The predicted octanol–water partition coefficient (Wildman–Crippen LogP) is 2.96. The Kier molecular flexibility index (Phi) is 5.32. The van der Waals surface area contributed by atoms with E-state index in [-0.39, 0.29) is 12.0 Å². The lowest BCUT2D eigenvalue weighted by molar-refractivity contribution is -0.146. The summed E-state index contributed by atoms with van der Waals surface area (Å²) < 4.78 is 5.02. The molecule has 2 atom stereocenters. The molecule has 2 aromatic rings. The molecule has 1 aliphatic heterocycles. The van der Waals surface area contributed by atoms with Crippen LogP contribution in [0.5, 0.6) is 0 Å². The van der Waals surface area contributed by atoms with Gasteiger partial charge in [0.25, 0.3) is 0 Å². The number of para-hydroxylation sites is 1. The number of likely N-dealkylation sites (tertiary alicyclic amines) is 1. The maximum Gasteiger partial charge on any atom is 0.327 e. The zero-order valence-electron chi connectivity index (χ0n) is 14.2. The molecule has 0 unspecified atom stereocenters. The van der Waals surface area contributed by atoms with Crippen molar-refractivity contribution >= 4 is 11.7 Å². The Morgan fingerprint density at radius 3 is 2.80 bits per heavy atom. The number of hydrogen-bond acceptors (Lipinski definition) is 5. The average Bonchev–Trinajstić information content (AvgIpc) is 3.10. The molecule has 3 rings (SSSR count). The average molecular weight is 335 g/mol. The molecule has 0 amide bonds. The summed E-state index contributed by atoms with van der Waals surface area (Å²) in [5, 5.41) is 12.6. The molecule has 2 aromatic carbocycles. The van der Waals surface area contributed by atoms with Gasteiger partial charge in [-0.05, 0) is 36.2 Å². The van der Waals surface area contributed by atoms with Gasteiger partial charge in [0.15, 0.2) is 0 Å². The Morgan fingerprint density at radius 2 is 2.08 bits per heavy atom. The summed E-state index contributed by atoms with van der Waals surface area (Å²) in [6.45, 7) is 1.53. The number of hydrogen-bond donors (Lipinski definition) is 1. The topological polar surface area (TPSA) is 65.4 Å². The lowest BCUT2D eigenvalue weighted by Gasteiger charge is -2.26. The summed E-state index contributed by atoms with van der Waals surface area (Å²) >= 11 is 0. The minimum Gasteiger partial charge on any atom is -0.468 e. The smallest absolute Gasteiger partial charge is 0.327 e. The zero-order chi connectivity index (χ0) is 17.6. The fourth-order valence-electron chi connectivity index (χ4n) is 3.30. The number of nitriles is 1. The van der Waals surface area contributed by atoms with Crippen molar-refractivity contribution in [3.63, 3.8) is 0 Å². The first-order valence-electron chi connectivity index (χ1n) is 8.35. The number of carbonyl (C=O) groups is 1. The summed E-state index contributed by atoms with van der Waals surface area (Å²) in [4.78, 5) is 14.5. The van der Waals surface area contributed by atoms with E-state index in [0.29, 0.717) is 5.56 Å². The van der Waals surface area contributed by atoms with Gasteiger partial charge in [-0.25, -0.2) is 4.79 Å². The van der Waals surface area contributed by atoms with Gasteiger partial charge in [0.1, 0.15) is 6.04 Å². The second-order valence-electron chi connectivity index (χ2n) is 6.15. The number of nitrogens with zero attached hydrogens (tertiary/aromatic N) is 2. The van der Waals surface area contributed by atoms with E-state index in [9.17, 15) is 4.79 Å². The van der Waals surface area contributed by atoms with E-state index in [1.54, 1.807) is 18.2 Å². The maximum absolute atomic E-state index is 12.4. The lowest BCUT2D eigenvalue weighted by Crippen LogP contribution is -2.35. The molecule has 1 fully saturated rings. The summed E-state index contributed by atoms with van der Waals surface area (Å²) in [7, 11) is 1.40. The van der Waals surface area contributed by atoms with Crippen molar-refractivity contribution in [3.8, 4) is 6.07 Å². The molecule has 0 radical (unpaired) electrons. The number of benzene rings is 2. The van der Waals surface area contributed by atoms with E-state index < -0.39 is 6.04 Å². The predicted molar refractivity (Wildman–Crippen MR) is 96.0 cm³/mol. The zero-order valence-corrected chi connectivity index (χ0v) is 14.2. The van der Waals surface area contributed by atoms with Crippen LogP contribution in [0.4, 0.5) is 5.69 Å². The molecule has 0 spiro atoms. The second-order valence-corrected chi connectivity index (χ2v) is 6.15. The van der Waals surface area contributed by atoms with E-state index in [0.717, 1.165) is 30.8 Å². The second kappa shape index (κ2) is 7.82. The van der Waals surface area contributed by atoms with Crippen LogP contribution in [0.2, 0.25) is 0 Å². The highest BCUT2D eigenvalue weighted by molar-refractivity contribution is 5.77. The van der Waals surface area contributed by atoms with Crippen molar-refractivity contribution in [1.82, 2.24) is 4.90 Å². The monoisotopic (exact) mass is 335 g/mol.